The monoisotopic (exact) mass is 259 g/mol. The Morgan fingerprint density at radius 2 is 2.11 bits per heavy atom. The normalized spacial score (nSPS) is 11.0. The Balaban J connectivity index is 2.10. The van der Waals surface area contributed by atoms with E-state index in [4.69, 9.17) is 11.6 Å². The summed E-state index contributed by atoms with van der Waals surface area (Å²) in [7, 11) is 0. The van der Waals surface area contributed by atoms with Crippen molar-refractivity contribution in [3.05, 3.63) is 41.2 Å². The Labute approximate surface area is 108 Å². The van der Waals surface area contributed by atoms with Crippen LogP contribution in [-0.4, -0.2) is 25.0 Å². The molecule has 0 N–H and O–H groups in total. The van der Waals surface area contributed by atoms with E-state index < -0.39 is 0 Å². The highest BCUT2D eigenvalue weighted by molar-refractivity contribution is 6.31. The Bertz CT molecular complexity index is 707. The van der Waals surface area contributed by atoms with Gasteiger partial charge in [0.15, 0.2) is 0 Å². The number of aryl methyl sites for hydroxylation is 1. The van der Waals surface area contributed by atoms with Gasteiger partial charge in [0.2, 0.25) is 0 Å². The van der Waals surface area contributed by atoms with Crippen LogP contribution < -0.4 is 0 Å². The molecule has 0 aliphatic carbocycles. The first-order chi connectivity index (χ1) is 8.76. The van der Waals surface area contributed by atoms with Gasteiger partial charge in [-0.3, -0.25) is 0 Å². The number of halogens is 1. The minimum Gasteiger partial charge on any atom is -0.208 e. The lowest BCUT2D eigenvalue weighted by atomic mass is 10.3. The Morgan fingerprint density at radius 3 is 2.89 bits per heavy atom. The van der Waals surface area contributed by atoms with Gasteiger partial charge >= 0.3 is 0 Å². The second-order valence-corrected chi connectivity index (χ2v) is 4.33. The van der Waals surface area contributed by atoms with Crippen LogP contribution >= 0.6 is 11.6 Å². The van der Waals surface area contributed by atoms with Crippen molar-refractivity contribution >= 4 is 22.6 Å². The van der Waals surface area contributed by atoms with E-state index in [9.17, 15) is 0 Å². The largest absolute Gasteiger partial charge is 0.270 e. The first-order valence-corrected chi connectivity index (χ1v) is 5.98. The van der Waals surface area contributed by atoms with Crippen LogP contribution in [-0.2, 0) is 6.42 Å². The van der Waals surface area contributed by atoms with Gasteiger partial charge in [-0.2, -0.15) is 5.10 Å². The molecule has 0 atom stereocenters. The first-order valence-electron chi connectivity index (χ1n) is 5.60. The lowest BCUT2D eigenvalue weighted by Gasteiger charge is -2.00. The van der Waals surface area contributed by atoms with Crippen molar-refractivity contribution in [3.8, 4) is 5.95 Å². The fraction of sp³-hybridized carbons (Fsp3) is 0.167. The minimum absolute atomic E-state index is 0.463. The summed E-state index contributed by atoms with van der Waals surface area (Å²) in [6, 6.07) is 5.34. The number of aromatic nitrogens is 5. The second kappa shape index (κ2) is 4.34. The van der Waals surface area contributed by atoms with E-state index in [-0.39, 0.29) is 0 Å². The zero-order chi connectivity index (χ0) is 12.5. The van der Waals surface area contributed by atoms with Gasteiger partial charge in [0.1, 0.15) is 5.52 Å². The Morgan fingerprint density at radius 1 is 1.22 bits per heavy atom. The molecular weight excluding hydrogens is 250 g/mol. The zero-order valence-corrected chi connectivity index (χ0v) is 10.5. The molecule has 5 nitrogen and oxygen atoms in total. The third kappa shape index (κ3) is 1.93. The molecule has 2 heterocycles. The summed E-state index contributed by atoms with van der Waals surface area (Å²) in [5.41, 5.74) is 2.56. The fourth-order valence-electron chi connectivity index (χ4n) is 1.65. The van der Waals surface area contributed by atoms with Crippen molar-refractivity contribution in [1.29, 1.82) is 0 Å². The predicted molar refractivity (Wildman–Crippen MR) is 68.8 cm³/mol. The van der Waals surface area contributed by atoms with E-state index in [2.05, 4.69) is 27.2 Å². The molecule has 18 heavy (non-hydrogen) atoms. The SMILES string of the molecule is CCc1cnn(-c2nnc3cc(Cl)ccc3n2)c1. The quantitative estimate of drug-likeness (QED) is 0.709. The average Bonchev–Trinajstić information content (AvgIpc) is 2.87. The van der Waals surface area contributed by atoms with Gasteiger partial charge in [-0.1, -0.05) is 18.5 Å². The van der Waals surface area contributed by atoms with Crippen LogP contribution in [0.1, 0.15) is 12.5 Å². The van der Waals surface area contributed by atoms with Gasteiger partial charge in [-0.15, -0.1) is 10.2 Å². The molecule has 0 spiro atoms. The average molecular weight is 260 g/mol. The van der Waals surface area contributed by atoms with Crippen LogP contribution in [0.5, 0.6) is 0 Å². The van der Waals surface area contributed by atoms with E-state index >= 15 is 0 Å². The van der Waals surface area contributed by atoms with E-state index in [1.807, 2.05) is 12.3 Å². The van der Waals surface area contributed by atoms with Crippen molar-refractivity contribution in [2.75, 3.05) is 0 Å². The number of benzene rings is 1. The van der Waals surface area contributed by atoms with Crippen LogP contribution in [0.4, 0.5) is 0 Å². The molecule has 1 aromatic carbocycles. The molecule has 0 radical (unpaired) electrons. The summed E-state index contributed by atoms with van der Waals surface area (Å²) < 4.78 is 1.62. The Hall–Kier alpha value is -2.01. The van der Waals surface area contributed by atoms with Crippen molar-refractivity contribution in [1.82, 2.24) is 25.0 Å². The van der Waals surface area contributed by atoms with Crippen LogP contribution in [0.25, 0.3) is 17.0 Å². The van der Waals surface area contributed by atoms with Gasteiger partial charge in [-0.25, -0.2) is 9.67 Å². The lowest BCUT2D eigenvalue weighted by Crippen LogP contribution is -2.03. The summed E-state index contributed by atoms with van der Waals surface area (Å²) >= 11 is 5.88. The summed E-state index contributed by atoms with van der Waals surface area (Å²) in [5.74, 6) is 0.463. The summed E-state index contributed by atoms with van der Waals surface area (Å²) in [6.45, 7) is 2.07. The van der Waals surface area contributed by atoms with Gasteiger partial charge in [0.05, 0.1) is 11.7 Å². The van der Waals surface area contributed by atoms with E-state index in [1.165, 1.54) is 0 Å². The molecule has 0 amide bonds. The number of hydrogen-bond acceptors (Lipinski definition) is 4. The van der Waals surface area contributed by atoms with Crippen LogP contribution in [0.15, 0.2) is 30.6 Å². The summed E-state index contributed by atoms with van der Waals surface area (Å²) in [6.07, 6.45) is 4.63. The minimum atomic E-state index is 0.463. The second-order valence-electron chi connectivity index (χ2n) is 3.89. The predicted octanol–water partition coefficient (Wildman–Crippen LogP) is 2.43. The first kappa shape index (κ1) is 11.1. The molecule has 90 valence electrons. The fourth-order valence-corrected chi connectivity index (χ4v) is 1.82. The maximum Gasteiger partial charge on any atom is 0.270 e. The van der Waals surface area contributed by atoms with Crippen molar-refractivity contribution in [2.24, 2.45) is 0 Å². The molecule has 3 rings (SSSR count). The van der Waals surface area contributed by atoms with E-state index in [0.29, 0.717) is 16.5 Å². The van der Waals surface area contributed by atoms with Crippen molar-refractivity contribution in [2.45, 2.75) is 13.3 Å². The third-order valence-electron chi connectivity index (χ3n) is 2.65. The highest BCUT2D eigenvalue weighted by atomic mass is 35.5. The topological polar surface area (TPSA) is 56.5 Å². The molecule has 6 heteroatoms. The van der Waals surface area contributed by atoms with Crippen molar-refractivity contribution < 1.29 is 0 Å². The highest BCUT2D eigenvalue weighted by Gasteiger charge is 2.05. The van der Waals surface area contributed by atoms with E-state index in [0.717, 1.165) is 17.5 Å². The van der Waals surface area contributed by atoms with Gasteiger partial charge in [0.25, 0.3) is 5.95 Å². The molecule has 2 aromatic heterocycles. The molecule has 0 saturated heterocycles. The standard InChI is InChI=1S/C12H10ClN5/c1-2-8-6-14-18(7-8)12-15-10-4-3-9(13)5-11(10)16-17-12/h3-7H,2H2,1H3. The van der Waals surface area contributed by atoms with Gasteiger partial charge in [-0.05, 0) is 30.2 Å². The number of rotatable bonds is 2. The summed E-state index contributed by atoms with van der Waals surface area (Å²) in [4.78, 5) is 4.40. The summed E-state index contributed by atoms with van der Waals surface area (Å²) in [5, 5.41) is 13.0. The highest BCUT2D eigenvalue weighted by Crippen LogP contribution is 2.15. The number of hydrogen-bond donors (Lipinski definition) is 0. The Kier molecular flexibility index (Phi) is 2.68. The molecule has 0 saturated carbocycles. The van der Waals surface area contributed by atoms with Crippen molar-refractivity contribution in [3.63, 3.8) is 0 Å². The van der Waals surface area contributed by atoms with Crippen LogP contribution in [0, 0.1) is 0 Å². The molecular formula is C12H10ClN5. The zero-order valence-electron chi connectivity index (χ0n) is 9.71. The molecule has 0 aliphatic heterocycles. The molecule has 0 fully saturated rings. The van der Waals surface area contributed by atoms with Crippen LogP contribution in [0.2, 0.25) is 5.02 Å². The number of fused-ring (bicyclic) bond motifs is 1. The maximum atomic E-state index is 5.88. The molecule has 0 unspecified atom stereocenters. The maximum absolute atomic E-state index is 5.88. The molecule has 0 aliphatic rings. The molecule has 3 aromatic rings. The van der Waals surface area contributed by atoms with Gasteiger partial charge in [0, 0.05) is 11.2 Å². The molecule has 0 bridgehead atoms. The lowest BCUT2D eigenvalue weighted by molar-refractivity contribution is 0.786. The van der Waals surface area contributed by atoms with Crippen LogP contribution in [0.3, 0.4) is 0 Å². The van der Waals surface area contributed by atoms with Gasteiger partial charge < -0.3 is 0 Å². The smallest absolute Gasteiger partial charge is 0.208 e. The third-order valence-corrected chi connectivity index (χ3v) is 2.89. The number of nitrogens with zero attached hydrogens (tertiary/aromatic N) is 5. The van der Waals surface area contributed by atoms with E-state index in [1.54, 1.807) is 23.0 Å².